The summed E-state index contributed by atoms with van der Waals surface area (Å²) in [6.07, 6.45) is 2.96. The van der Waals surface area contributed by atoms with Crippen molar-refractivity contribution in [3.63, 3.8) is 0 Å². The fourth-order valence-electron chi connectivity index (χ4n) is 1.53. The van der Waals surface area contributed by atoms with Crippen LogP contribution >= 0.6 is 0 Å². The van der Waals surface area contributed by atoms with E-state index >= 15 is 0 Å². The summed E-state index contributed by atoms with van der Waals surface area (Å²) in [6, 6.07) is 0. The molecule has 13 heavy (non-hydrogen) atoms. The fourth-order valence-corrected chi connectivity index (χ4v) is 1.53. The van der Waals surface area contributed by atoms with Crippen molar-refractivity contribution >= 4 is 5.97 Å². The van der Waals surface area contributed by atoms with E-state index < -0.39 is 0 Å². The Kier molecular flexibility index (Phi) is 2.99. The van der Waals surface area contributed by atoms with Crippen LogP contribution in [0.4, 0.5) is 0 Å². The van der Waals surface area contributed by atoms with Gasteiger partial charge in [0, 0.05) is 6.42 Å². The van der Waals surface area contributed by atoms with Crippen LogP contribution in [0, 0.1) is 11.8 Å². The van der Waals surface area contributed by atoms with Gasteiger partial charge in [-0.2, -0.15) is 0 Å². The third-order valence-corrected chi connectivity index (χ3v) is 2.51. The molecule has 76 valence electrons. The Morgan fingerprint density at radius 3 is 2.38 bits per heavy atom. The molecule has 1 saturated carbocycles. The van der Waals surface area contributed by atoms with E-state index in [1.807, 2.05) is 27.7 Å². The fraction of sp³-hybridized carbons (Fsp3) is 0.909. The lowest BCUT2D eigenvalue weighted by Crippen LogP contribution is -2.30. The van der Waals surface area contributed by atoms with E-state index in [1.165, 1.54) is 12.8 Å². The molecule has 0 aromatic heterocycles. The summed E-state index contributed by atoms with van der Waals surface area (Å²) in [7, 11) is 0. The third kappa shape index (κ3) is 3.37. The predicted octanol–water partition coefficient (Wildman–Crippen LogP) is 2.76. The van der Waals surface area contributed by atoms with E-state index in [1.54, 1.807) is 0 Å². The molecule has 0 saturated heterocycles. The molecule has 0 radical (unpaired) electrons. The van der Waals surface area contributed by atoms with Gasteiger partial charge < -0.3 is 4.74 Å². The van der Waals surface area contributed by atoms with Gasteiger partial charge in [0.15, 0.2) is 0 Å². The van der Waals surface area contributed by atoms with Crippen molar-refractivity contribution in [3.05, 3.63) is 0 Å². The third-order valence-electron chi connectivity index (χ3n) is 2.51. The van der Waals surface area contributed by atoms with Gasteiger partial charge in [0.2, 0.25) is 0 Å². The second-order valence-electron chi connectivity index (χ2n) is 4.95. The van der Waals surface area contributed by atoms with Crippen LogP contribution in [0.2, 0.25) is 0 Å². The molecular weight excluding hydrogens is 164 g/mol. The number of hydrogen-bond donors (Lipinski definition) is 0. The van der Waals surface area contributed by atoms with Gasteiger partial charge >= 0.3 is 5.97 Å². The van der Waals surface area contributed by atoms with Gasteiger partial charge in [-0.15, -0.1) is 0 Å². The first-order valence-corrected chi connectivity index (χ1v) is 5.13. The van der Waals surface area contributed by atoms with Gasteiger partial charge in [0.05, 0.1) is 0 Å². The normalized spacial score (nSPS) is 17.6. The van der Waals surface area contributed by atoms with Gasteiger partial charge in [-0.3, -0.25) is 4.79 Å². The predicted molar refractivity (Wildman–Crippen MR) is 52.4 cm³/mol. The minimum Gasteiger partial charge on any atom is -0.459 e. The van der Waals surface area contributed by atoms with Crippen molar-refractivity contribution < 1.29 is 9.53 Å². The van der Waals surface area contributed by atoms with Crippen LogP contribution in [0.25, 0.3) is 0 Å². The van der Waals surface area contributed by atoms with E-state index in [0.29, 0.717) is 18.3 Å². The van der Waals surface area contributed by atoms with Crippen molar-refractivity contribution in [2.24, 2.45) is 11.8 Å². The summed E-state index contributed by atoms with van der Waals surface area (Å²) < 4.78 is 5.43. The number of rotatable bonds is 4. The van der Waals surface area contributed by atoms with Crippen molar-refractivity contribution in [3.8, 4) is 0 Å². The van der Waals surface area contributed by atoms with E-state index in [4.69, 9.17) is 4.74 Å². The average molecular weight is 184 g/mol. The SMILES string of the molecule is CC(C)CC(=O)OC(C)(C)C1CC1. The summed E-state index contributed by atoms with van der Waals surface area (Å²) >= 11 is 0. The molecule has 0 aromatic carbocycles. The zero-order chi connectivity index (χ0) is 10.1. The highest BCUT2D eigenvalue weighted by Gasteiger charge is 2.40. The van der Waals surface area contributed by atoms with E-state index in [2.05, 4.69) is 0 Å². The first kappa shape index (κ1) is 10.6. The highest BCUT2D eigenvalue weighted by atomic mass is 16.6. The number of carbonyl (C=O) groups excluding carboxylic acids is 1. The minimum atomic E-state index is -0.230. The topological polar surface area (TPSA) is 26.3 Å². The monoisotopic (exact) mass is 184 g/mol. The van der Waals surface area contributed by atoms with E-state index in [-0.39, 0.29) is 11.6 Å². The van der Waals surface area contributed by atoms with E-state index in [9.17, 15) is 4.79 Å². The first-order valence-electron chi connectivity index (χ1n) is 5.13. The Hall–Kier alpha value is -0.530. The van der Waals surface area contributed by atoms with Crippen LogP contribution in [0.15, 0.2) is 0 Å². The van der Waals surface area contributed by atoms with Crippen molar-refractivity contribution in [2.45, 2.75) is 52.6 Å². The number of esters is 1. The van der Waals surface area contributed by atoms with Gasteiger partial charge in [-0.1, -0.05) is 13.8 Å². The van der Waals surface area contributed by atoms with Gasteiger partial charge in [-0.25, -0.2) is 0 Å². The zero-order valence-electron chi connectivity index (χ0n) is 9.09. The molecule has 0 heterocycles. The Balaban J connectivity index is 2.33. The molecule has 0 unspecified atom stereocenters. The lowest BCUT2D eigenvalue weighted by molar-refractivity contribution is -0.159. The molecule has 2 nitrogen and oxygen atoms in total. The maximum atomic E-state index is 11.4. The quantitative estimate of drug-likeness (QED) is 0.628. The second-order valence-corrected chi connectivity index (χ2v) is 4.95. The maximum Gasteiger partial charge on any atom is 0.306 e. The van der Waals surface area contributed by atoms with Gasteiger partial charge in [0.25, 0.3) is 0 Å². The molecule has 2 heteroatoms. The highest BCUT2D eigenvalue weighted by Crippen LogP contribution is 2.41. The minimum absolute atomic E-state index is 0.0492. The van der Waals surface area contributed by atoms with Crippen molar-refractivity contribution in [1.29, 1.82) is 0 Å². The molecule has 0 amide bonds. The Morgan fingerprint density at radius 2 is 2.00 bits per heavy atom. The average Bonchev–Trinajstić information content (AvgIpc) is 2.60. The van der Waals surface area contributed by atoms with Crippen LogP contribution in [0.3, 0.4) is 0 Å². The van der Waals surface area contributed by atoms with Crippen LogP contribution in [-0.4, -0.2) is 11.6 Å². The highest BCUT2D eigenvalue weighted by molar-refractivity contribution is 5.70. The number of ether oxygens (including phenoxy) is 1. The summed E-state index contributed by atoms with van der Waals surface area (Å²) in [5.74, 6) is 0.943. The molecule has 1 fully saturated rings. The maximum absolute atomic E-state index is 11.4. The lowest BCUT2D eigenvalue weighted by Gasteiger charge is -2.25. The summed E-state index contributed by atoms with van der Waals surface area (Å²) in [5, 5.41) is 0. The molecule has 0 N–H and O–H groups in total. The van der Waals surface area contributed by atoms with Crippen LogP contribution in [0.5, 0.6) is 0 Å². The van der Waals surface area contributed by atoms with Crippen LogP contribution in [0.1, 0.15) is 47.0 Å². The molecule has 0 spiro atoms. The molecule has 1 aliphatic rings. The largest absolute Gasteiger partial charge is 0.459 e. The van der Waals surface area contributed by atoms with Crippen molar-refractivity contribution in [1.82, 2.24) is 0 Å². The zero-order valence-corrected chi connectivity index (χ0v) is 9.09. The first-order chi connectivity index (χ1) is 5.92. The van der Waals surface area contributed by atoms with Crippen molar-refractivity contribution in [2.75, 3.05) is 0 Å². The Morgan fingerprint density at radius 1 is 1.46 bits per heavy atom. The van der Waals surface area contributed by atoms with Crippen LogP contribution in [-0.2, 0) is 9.53 Å². The molecule has 1 rings (SSSR count). The molecule has 0 atom stereocenters. The van der Waals surface area contributed by atoms with Gasteiger partial charge in [-0.05, 0) is 38.5 Å². The summed E-state index contributed by atoms with van der Waals surface area (Å²) in [6.45, 7) is 8.10. The molecule has 1 aliphatic carbocycles. The summed E-state index contributed by atoms with van der Waals surface area (Å²) in [4.78, 5) is 11.4. The Bertz CT molecular complexity index is 190. The molecular formula is C11H20O2. The molecule has 0 aliphatic heterocycles. The second kappa shape index (κ2) is 3.69. The van der Waals surface area contributed by atoms with Crippen LogP contribution < -0.4 is 0 Å². The standard InChI is InChI=1S/C11H20O2/c1-8(2)7-10(12)13-11(3,4)9-5-6-9/h8-9H,5-7H2,1-4H3. The summed E-state index contributed by atoms with van der Waals surface area (Å²) in [5.41, 5.74) is -0.230. The lowest BCUT2D eigenvalue weighted by atomic mass is 10.0. The van der Waals surface area contributed by atoms with Gasteiger partial charge in [0.1, 0.15) is 5.60 Å². The smallest absolute Gasteiger partial charge is 0.306 e. The number of hydrogen-bond acceptors (Lipinski definition) is 2. The van der Waals surface area contributed by atoms with E-state index in [0.717, 1.165) is 0 Å². The molecule has 0 bridgehead atoms. The molecule has 0 aromatic rings. The number of carbonyl (C=O) groups is 1. The Labute approximate surface area is 80.7 Å².